The molecule has 0 unspecified atom stereocenters. The SMILES string of the molecule is CCOc1cccc(N)c1C(=O)N(C)C1CCC(C)CC1. The van der Waals surface area contributed by atoms with Gasteiger partial charge in [-0.1, -0.05) is 13.0 Å². The molecule has 116 valence electrons. The van der Waals surface area contributed by atoms with Crippen molar-refractivity contribution in [3.8, 4) is 5.75 Å². The van der Waals surface area contributed by atoms with Crippen LogP contribution < -0.4 is 10.5 Å². The van der Waals surface area contributed by atoms with E-state index >= 15 is 0 Å². The number of hydrogen-bond acceptors (Lipinski definition) is 3. The maximum absolute atomic E-state index is 12.8. The summed E-state index contributed by atoms with van der Waals surface area (Å²) in [6.45, 7) is 4.71. The van der Waals surface area contributed by atoms with Gasteiger partial charge in [-0.3, -0.25) is 4.79 Å². The zero-order chi connectivity index (χ0) is 15.4. The fourth-order valence-corrected chi connectivity index (χ4v) is 3.02. The number of carbonyl (C=O) groups excluding carboxylic acids is 1. The fraction of sp³-hybridized carbons (Fsp3) is 0.588. The van der Waals surface area contributed by atoms with E-state index in [9.17, 15) is 4.79 Å². The lowest BCUT2D eigenvalue weighted by Gasteiger charge is -2.34. The minimum absolute atomic E-state index is 0.0314. The largest absolute Gasteiger partial charge is 0.493 e. The second-order valence-corrected chi connectivity index (χ2v) is 5.98. The van der Waals surface area contributed by atoms with E-state index in [4.69, 9.17) is 10.5 Å². The molecule has 1 aliphatic carbocycles. The van der Waals surface area contributed by atoms with E-state index in [1.165, 1.54) is 12.8 Å². The summed E-state index contributed by atoms with van der Waals surface area (Å²) in [5.41, 5.74) is 7.00. The number of amides is 1. The van der Waals surface area contributed by atoms with Gasteiger partial charge in [0.25, 0.3) is 5.91 Å². The molecule has 0 atom stereocenters. The fourth-order valence-electron chi connectivity index (χ4n) is 3.02. The van der Waals surface area contributed by atoms with Crippen molar-refractivity contribution in [1.82, 2.24) is 4.90 Å². The predicted octanol–water partition coefficient (Wildman–Crippen LogP) is 3.32. The zero-order valence-electron chi connectivity index (χ0n) is 13.3. The van der Waals surface area contributed by atoms with Gasteiger partial charge in [0.1, 0.15) is 11.3 Å². The molecule has 1 aromatic carbocycles. The van der Waals surface area contributed by atoms with Crippen molar-refractivity contribution in [1.29, 1.82) is 0 Å². The van der Waals surface area contributed by atoms with Gasteiger partial charge < -0.3 is 15.4 Å². The number of rotatable bonds is 4. The topological polar surface area (TPSA) is 55.6 Å². The summed E-state index contributed by atoms with van der Waals surface area (Å²) >= 11 is 0. The molecule has 1 amide bonds. The smallest absolute Gasteiger partial charge is 0.259 e. The molecule has 0 spiro atoms. The van der Waals surface area contributed by atoms with E-state index in [1.54, 1.807) is 6.07 Å². The van der Waals surface area contributed by atoms with Crippen LogP contribution in [-0.2, 0) is 0 Å². The second kappa shape index (κ2) is 6.83. The number of nitrogens with two attached hydrogens (primary N) is 1. The van der Waals surface area contributed by atoms with Crippen molar-refractivity contribution in [3.63, 3.8) is 0 Å². The summed E-state index contributed by atoms with van der Waals surface area (Å²) < 4.78 is 5.57. The van der Waals surface area contributed by atoms with Crippen LogP contribution in [0.2, 0.25) is 0 Å². The van der Waals surface area contributed by atoms with Gasteiger partial charge in [0, 0.05) is 18.8 Å². The van der Waals surface area contributed by atoms with E-state index in [0.29, 0.717) is 29.6 Å². The normalized spacial score (nSPS) is 21.9. The van der Waals surface area contributed by atoms with Gasteiger partial charge in [0.05, 0.1) is 6.61 Å². The van der Waals surface area contributed by atoms with Gasteiger partial charge >= 0.3 is 0 Å². The van der Waals surface area contributed by atoms with Crippen LogP contribution in [0, 0.1) is 5.92 Å². The third-order valence-electron chi connectivity index (χ3n) is 4.43. The van der Waals surface area contributed by atoms with Crippen molar-refractivity contribution < 1.29 is 9.53 Å². The monoisotopic (exact) mass is 290 g/mol. The third kappa shape index (κ3) is 3.49. The Kier molecular flexibility index (Phi) is 5.10. The molecule has 4 heteroatoms. The average Bonchev–Trinajstić information content (AvgIpc) is 2.47. The first-order valence-corrected chi connectivity index (χ1v) is 7.83. The average molecular weight is 290 g/mol. The maximum atomic E-state index is 12.8. The standard InChI is InChI=1S/C17H26N2O2/c1-4-21-15-7-5-6-14(18)16(15)17(20)19(3)13-10-8-12(2)9-11-13/h5-7,12-13H,4,8-11,18H2,1-3H3. The first-order valence-electron chi connectivity index (χ1n) is 7.83. The molecular formula is C17H26N2O2. The van der Waals surface area contributed by atoms with E-state index in [0.717, 1.165) is 18.8 Å². The van der Waals surface area contributed by atoms with E-state index in [1.807, 2.05) is 31.0 Å². The molecular weight excluding hydrogens is 264 g/mol. The first kappa shape index (κ1) is 15.7. The Hall–Kier alpha value is -1.71. The Morgan fingerprint density at radius 1 is 1.33 bits per heavy atom. The number of carbonyl (C=O) groups is 1. The number of benzene rings is 1. The molecule has 1 saturated carbocycles. The minimum Gasteiger partial charge on any atom is -0.493 e. The lowest BCUT2D eigenvalue weighted by molar-refractivity contribution is 0.0676. The van der Waals surface area contributed by atoms with Gasteiger partial charge in [-0.05, 0) is 50.7 Å². The molecule has 2 N–H and O–H groups in total. The summed E-state index contributed by atoms with van der Waals surface area (Å²) in [7, 11) is 1.88. The summed E-state index contributed by atoms with van der Waals surface area (Å²) in [6.07, 6.45) is 4.51. The number of ether oxygens (including phenoxy) is 1. The molecule has 0 saturated heterocycles. The summed E-state index contributed by atoms with van der Waals surface area (Å²) in [5.74, 6) is 1.32. The summed E-state index contributed by atoms with van der Waals surface area (Å²) in [4.78, 5) is 14.7. The second-order valence-electron chi connectivity index (χ2n) is 5.98. The van der Waals surface area contributed by atoms with Crippen LogP contribution in [0.25, 0.3) is 0 Å². The number of hydrogen-bond donors (Lipinski definition) is 1. The zero-order valence-corrected chi connectivity index (χ0v) is 13.3. The molecule has 1 aromatic rings. The van der Waals surface area contributed by atoms with Gasteiger partial charge in [-0.15, -0.1) is 0 Å². The van der Waals surface area contributed by atoms with Gasteiger partial charge in [-0.2, -0.15) is 0 Å². The number of nitrogen functional groups attached to an aromatic ring is 1. The highest BCUT2D eigenvalue weighted by atomic mass is 16.5. The van der Waals surface area contributed by atoms with Crippen molar-refractivity contribution in [2.75, 3.05) is 19.4 Å². The number of anilines is 1. The highest BCUT2D eigenvalue weighted by molar-refractivity contribution is 6.01. The highest BCUT2D eigenvalue weighted by Gasteiger charge is 2.28. The Bertz CT molecular complexity index is 494. The minimum atomic E-state index is -0.0314. The molecule has 0 bridgehead atoms. The molecule has 4 nitrogen and oxygen atoms in total. The van der Waals surface area contributed by atoms with Crippen molar-refractivity contribution in [2.45, 2.75) is 45.6 Å². The Labute approximate surface area is 127 Å². The summed E-state index contributed by atoms with van der Waals surface area (Å²) in [5, 5.41) is 0. The lowest BCUT2D eigenvalue weighted by atomic mass is 9.86. The van der Waals surface area contributed by atoms with Crippen LogP contribution in [0.5, 0.6) is 5.75 Å². The Morgan fingerprint density at radius 3 is 2.62 bits per heavy atom. The third-order valence-corrected chi connectivity index (χ3v) is 4.43. The predicted molar refractivity (Wildman–Crippen MR) is 85.5 cm³/mol. The van der Waals surface area contributed by atoms with Crippen molar-refractivity contribution in [2.24, 2.45) is 5.92 Å². The van der Waals surface area contributed by atoms with Crippen molar-refractivity contribution in [3.05, 3.63) is 23.8 Å². The molecule has 1 fully saturated rings. The Morgan fingerprint density at radius 2 is 2.00 bits per heavy atom. The molecule has 1 aliphatic rings. The quantitative estimate of drug-likeness (QED) is 0.865. The van der Waals surface area contributed by atoms with Crippen LogP contribution >= 0.6 is 0 Å². The van der Waals surface area contributed by atoms with Crippen LogP contribution in [0.3, 0.4) is 0 Å². The maximum Gasteiger partial charge on any atom is 0.259 e. The Balaban J connectivity index is 2.19. The highest BCUT2D eigenvalue weighted by Crippen LogP contribution is 2.30. The molecule has 0 radical (unpaired) electrons. The molecule has 21 heavy (non-hydrogen) atoms. The molecule has 0 aromatic heterocycles. The van der Waals surface area contributed by atoms with Crippen molar-refractivity contribution >= 4 is 11.6 Å². The van der Waals surface area contributed by atoms with E-state index < -0.39 is 0 Å². The van der Waals surface area contributed by atoms with Gasteiger partial charge in [-0.25, -0.2) is 0 Å². The molecule has 0 heterocycles. The molecule has 2 rings (SSSR count). The lowest BCUT2D eigenvalue weighted by Crippen LogP contribution is -2.39. The van der Waals surface area contributed by atoms with Crippen LogP contribution in [-0.4, -0.2) is 30.5 Å². The van der Waals surface area contributed by atoms with Gasteiger partial charge in [0.2, 0.25) is 0 Å². The van der Waals surface area contributed by atoms with E-state index in [2.05, 4.69) is 6.92 Å². The first-order chi connectivity index (χ1) is 10.0. The summed E-state index contributed by atoms with van der Waals surface area (Å²) in [6, 6.07) is 5.69. The van der Waals surface area contributed by atoms with E-state index in [-0.39, 0.29) is 5.91 Å². The number of nitrogens with zero attached hydrogens (tertiary/aromatic N) is 1. The molecule has 0 aliphatic heterocycles. The van der Waals surface area contributed by atoms with Gasteiger partial charge in [0.15, 0.2) is 0 Å². The van der Waals surface area contributed by atoms with Crippen LogP contribution in [0.15, 0.2) is 18.2 Å². The van der Waals surface area contributed by atoms with Crippen LogP contribution in [0.1, 0.15) is 49.9 Å². The van der Waals surface area contributed by atoms with Crippen LogP contribution in [0.4, 0.5) is 5.69 Å².